The summed E-state index contributed by atoms with van der Waals surface area (Å²) in [4.78, 5) is 17.5. The minimum absolute atomic E-state index is 0.169. The Morgan fingerprint density at radius 2 is 1.57 bits per heavy atom. The highest BCUT2D eigenvalue weighted by molar-refractivity contribution is 5.58. The first kappa shape index (κ1) is 27.5. The number of nitrogens with zero attached hydrogens (tertiary/aromatic N) is 2. The maximum absolute atomic E-state index is 15.1. The van der Waals surface area contributed by atoms with Crippen LogP contribution in [-0.4, -0.2) is 51.4 Å². The zero-order valence-corrected chi connectivity index (χ0v) is 22.3. The SMILES string of the molecule is CC[C@]1(CO)O[C@@H](n2ccc(NC(c3ccccc3)(c3ccccc3)c3ccc(OC)cc3)nc2=O)[C@@H](F)[C@@H]1O. The fourth-order valence-electron chi connectivity index (χ4n) is 5.37. The second kappa shape index (κ2) is 11.2. The average Bonchev–Trinajstić information content (AvgIpc) is 3.26. The smallest absolute Gasteiger partial charge is 0.351 e. The monoisotopic (exact) mass is 545 g/mol. The number of aliphatic hydroxyl groups is 2. The number of aromatic nitrogens is 2. The van der Waals surface area contributed by atoms with Crippen LogP contribution < -0.4 is 15.7 Å². The summed E-state index contributed by atoms with van der Waals surface area (Å²) in [5.74, 6) is 0.952. The van der Waals surface area contributed by atoms with Crippen molar-refractivity contribution in [1.29, 1.82) is 0 Å². The van der Waals surface area contributed by atoms with Crippen molar-refractivity contribution >= 4 is 5.82 Å². The van der Waals surface area contributed by atoms with E-state index in [1.807, 2.05) is 84.9 Å². The summed E-state index contributed by atoms with van der Waals surface area (Å²) in [6, 6.07) is 28.8. The first-order valence-electron chi connectivity index (χ1n) is 13.1. The van der Waals surface area contributed by atoms with Gasteiger partial charge in [0.2, 0.25) is 0 Å². The predicted molar refractivity (Wildman–Crippen MR) is 149 cm³/mol. The van der Waals surface area contributed by atoms with Crippen LogP contribution in [0.1, 0.15) is 36.3 Å². The fraction of sp³-hybridized carbons (Fsp3) is 0.290. The van der Waals surface area contributed by atoms with Gasteiger partial charge in [-0.2, -0.15) is 4.98 Å². The van der Waals surface area contributed by atoms with Crippen molar-refractivity contribution in [1.82, 2.24) is 9.55 Å². The Balaban J connectivity index is 1.61. The van der Waals surface area contributed by atoms with Crippen LogP contribution in [0.2, 0.25) is 0 Å². The molecule has 0 spiro atoms. The van der Waals surface area contributed by atoms with Crippen molar-refractivity contribution < 1.29 is 24.1 Å². The second-order valence-corrected chi connectivity index (χ2v) is 9.81. The molecule has 9 heteroatoms. The standard InChI is InChI=1S/C31H32FN3O5/c1-3-30(20-36)27(37)26(32)28(40-30)35-19-18-25(33-29(35)38)34-31(21-10-6-4-7-11-21,22-12-8-5-9-13-22)23-14-16-24(39-2)17-15-23/h4-19,26-28,36-37H,3,20H2,1-2H3,(H,33,34,38)/t26-,27-,28+,30+/m0/s1. The molecule has 3 aromatic carbocycles. The molecule has 3 N–H and O–H groups in total. The number of methoxy groups -OCH3 is 1. The minimum Gasteiger partial charge on any atom is -0.497 e. The summed E-state index contributed by atoms with van der Waals surface area (Å²) >= 11 is 0. The number of hydrogen-bond donors (Lipinski definition) is 3. The molecule has 0 bridgehead atoms. The highest BCUT2D eigenvalue weighted by Crippen LogP contribution is 2.42. The molecule has 1 aromatic heterocycles. The van der Waals surface area contributed by atoms with Gasteiger partial charge in [-0.05, 0) is 41.3 Å². The van der Waals surface area contributed by atoms with Gasteiger partial charge < -0.3 is 25.0 Å². The quantitative estimate of drug-likeness (QED) is 0.273. The van der Waals surface area contributed by atoms with Crippen molar-refractivity contribution in [3.05, 3.63) is 124 Å². The Bertz CT molecular complexity index is 1440. The molecule has 40 heavy (non-hydrogen) atoms. The second-order valence-electron chi connectivity index (χ2n) is 9.81. The van der Waals surface area contributed by atoms with Crippen LogP contribution in [0, 0.1) is 0 Å². The van der Waals surface area contributed by atoms with Crippen LogP contribution in [0.4, 0.5) is 10.2 Å². The van der Waals surface area contributed by atoms with Crippen LogP contribution in [-0.2, 0) is 10.3 Å². The van der Waals surface area contributed by atoms with Gasteiger partial charge in [0, 0.05) is 6.20 Å². The molecule has 4 aromatic rings. The number of ether oxygens (including phenoxy) is 2. The number of aliphatic hydroxyl groups excluding tert-OH is 2. The van der Waals surface area contributed by atoms with E-state index in [1.165, 1.54) is 6.20 Å². The maximum Gasteiger partial charge on any atom is 0.351 e. The van der Waals surface area contributed by atoms with Crippen LogP contribution >= 0.6 is 0 Å². The number of benzene rings is 3. The first-order valence-corrected chi connectivity index (χ1v) is 13.1. The number of halogens is 1. The van der Waals surface area contributed by atoms with Gasteiger partial charge in [0.15, 0.2) is 12.4 Å². The average molecular weight is 546 g/mol. The zero-order valence-electron chi connectivity index (χ0n) is 22.3. The van der Waals surface area contributed by atoms with Crippen molar-refractivity contribution in [2.75, 3.05) is 19.0 Å². The van der Waals surface area contributed by atoms with E-state index >= 15 is 4.39 Å². The Morgan fingerprint density at radius 1 is 1.00 bits per heavy atom. The Morgan fingerprint density at radius 3 is 2.05 bits per heavy atom. The lowest BCUT2D eigenvalue weighted by molar-refractivity contribution is -0.130. The van der Waals surface area contributed by atoms with Gasteiger partial charge >= 0.3 is 5.69 Å². The lowest BCUT2D eigenvalue weighted by Crippen LogP contribution is -2.44. The van der Waals surface area contributed by atoms with E-state index < -0.39 is 41.9 Å². The van der Waals surface area contributed by atoms with Crippen molar-refractivity contribution in [2.24, 2.45) is 0 Å². The molecule has 0 radical (unpaired) electrons. The van der Waals surface area contributed by atoms with Crippen LogP contribution in [0.25, 0.3) is 0 Å². The van der Waals surface area contributed by atoms with Crippen LogP contribution in [0.3, 0.4) is 0 Å². The van der Waals surface area contributed by atoms with E-state index in [1.54, 1.807) is 20.1 Å². The third kappa shape index (κ3) is 4.66. The normalized spacial score (nSPS) is 22.7. The third-order valence-corrected chi connectivity index (χ3v) is 7.69. The molecular weight excluding hydrogens is 513 g/mol. The lowest BCUT2D eigenvalue weighted by atomic mass is 9.77. The number of nitrogens with one attached hydrogen (secondary N) is 1. The van der Waals surface area contributed by atoms with Gasteiger partial charge in [-0.1, -0.05) is 79.7 Å². The number of hydrogen-bond acceptors (Lipinski definition) is 7. The van der Waals surface area contributed by atoms with Gasteiger partial charge in [0.05, 0.1) is 13.7 Å². The van der Waals surface area contributed by atoms with Gasteiger partial charge in [-0.15, -0.1) is 0 Å². The summed E-state index contributed by atoms with van der Waals surface area (Å²) in [5.41, 5.74) is -0.543. The maximum atomic E-state index is 15.1. The van der Waals surface area contributed by atoms with E-state index in [4.69, 9.17) is 9.47 Å². The number of anilines is 1. The summed E-state index contributed by atoms with van der Waals surface area (Å²) in [6.07, 6.45) is -3.37. The van der Waals surface area contributed by atoms with E-state index in [9.17, 15) is 15.0 Å². The topological polar surface area (TPSA) is 106 Å². The molecule has 4 atom stereocenters. The largest absolute Gasteiger partial charge is 0.497 e. The summed E-state index contributed by atoms with van der Waals surface area (Å²) < 4.78 is 27.2. The van der Waals surface area contributed by atoms with E-state index in [2.05, 4.69) is 10.3 Å². The summed E-state index contributed by atoms with van der Waals surface area (Å²) in [5, 5.41) is 23.7. The Hall–Kier alpha value is -4.05. The fourth-order valence-corrected chi connectivity index (χ4v) is 5.37. The van der Waals surface area contributed by atoms with E-state index in [-0.39, 0.29) is 12.2 Å². The van der Waals surface area contributed by atoms with Gasteiger partial charge in [0.25, 0.3) is 0 Å². The number of rotatable bonds is 9. The molecule has 0 aliphatic carbocycles. The van der Waals surface area contributed by atoms with Crippen molar-refractivity contribution in [2.45, 2.75) is 43.0 Å². The summed E-state index contributed by atoms with van der Waals surface area (Å²) in [6.45, 7) is 1.09. The molecule has 5 rings (SSSR count). The Labute approximate surface area is 231 Å². The zero-order chi connectivity index (χ0) is 28.3. The van der Waals surface area contributed by atoms with E-state index in [0.717, 1.165) is 21.3 Å². The molecular formula is C31H32FN3O5. The molecule has 0 unspecified atom stereocenters. The molecule has 1 aliphatic heterocycles. The summed E-state index contributed by atoms with van der Waals surface area (Å²) in [7, 11) is 1.61. The van der Waals surface area contributed by atoms with Gasteiger partial charge in [-0.25, -0.2) is 9.18 Å². The van der Waals surface area contributed by atoms with Crippen LogP contribution in [0.15, 0.2) is 102 Å². The van der Waals surface area contributed by atoms with Crippen LogP contribution in [0.5, 0.6) is 5.75 Å². The van der Waals surface area contributed by atoms with E-state index in [0.29, 0.717) is 5.75 Å². The lowest BCUT2D eigenvalue weighted by Gasteiger charge is -2.37. The Kier molecular flexibility index (Phi) is 7.71. The molecule has 1 fully saturated rings. The van der Waals surface area contributed by atoms with Crippen molar-refractivity contribution in [3.8, 4) is 5.75 Å². The number of alkyl halides is 1. The molecule has 0 saturated carbocycles. The van der Waals surface area contributed by atoms with Gasteiger partial charge in [-0.3, -0.25) is 4.57 Å². The molecule has 208 valence electrons. The minimum atomic E-state index is -1.92. The molecule has 1 saturated heterocycles. The van der Waals surface area contributed by atoms with Crippen molar-refractivity contribution in [3.63, 3.8) is 0 Å². The highest BCUT2D eigenvalue weighted by atomic mass is 19.1. The predicted octanol–water partition coefficient (Wildman–Crippen LogP) is 4.02. The molecule has 0 amide bonds. The molecule has 2 heterocycles. The first-order chi connectivity index (χ1) is 19.4. The third-order valence-electron chi connectivity index (χ3n) is 7.69. The molecule has 1 aliphatic rings. The van der Waals surface area contributed by atoms with Gasteiger partial charge in [0.1, 0.15) is 28.8 Å². The highest BCUT2D eigenvalue weighted by Gasteiger charge is 2.55. The molecule has 8 nitrogen and oxygen atoms in total.